The third-order valence-corrected chi connectivity index (χ3v) is 3.54. The second-order valence-corrected chi connectivity index (χ2v) is 5.47. The fourth-order valence-corrected chi connectivity index (χ4v) is 2.41. The topological polar surface area (TPSA) is 57.3 Å². The summed E-state index contributed by atoms with van der Waals surface area (Å²) < 4.78 is 0. The lowest BCUT2D eigenvalue weighted by molar-refractivity contribution is -0.123. The summed E-state index contributed by atoms with van der Waals surface area (Å²) in [7, 11) is 0. The summed E-state index contributed by atoms with van der Waals surface area (Å²) in [6.07, 6.45) is 2.69. The molecule has 2 heterocycles. The van der Waals surface area contributed by atoms with Crippen molar-refractivity contribution in [2.75, 3.05) is 18.0 Å². The van der Waals surface area contributed by atoms with Crippen LogP contribution in [0.3, 0.4) is 0 Å². The third-order valence-electron chi connectivity index (χ3n) is 3.54. The molecule has 1 aromatic rings. The molecule has 0 aliphatic carbocycles. The van der Waals surface area contributed by atoms with E-state index < -0.39 is 0 Å². The van der Waals surface area contributed by atoms with Gasteiger partial charge < -0.3 is 15.5 Å². The highest BCUT2D eigenvalue weighted by atomic mass is 16.2. The number of rotatable bonds is 5. The second kappa shape index (κ2) is 6.70. The summed E-state index contributed by atoms with van der Waals surface area (Å²) in [5.41, 5.74) is 1.16. The van der Waals surface area contributed by atoms with Crippen molar-refractivity contribution in [3.63, 3.8) is 0 Å². The smallest absolute Gasteiger partial charge is 0.242 e. The first-order valence-electron chi connectivity index (χ1n) is 7.34. The zero-order valence-corrected chi connectivity index (χ0v) is 12.5. The fraction of sp³-hybridized carbons (Fsp3) is 0.600. The van der Waals surface area contributed by atoms with Gasteiger partial charge in [-0.25, -0.2) is 4.98 Å². The van der Waals surface area contributed by atoms with Gasteiger partial charge in [0.25, 0.3) is 0 Å². The summed E-state index contributed by atoms with van der Waals surface area (Å²) in [6.45, 7) is 8.61. The van der Waals surface area contributed by atoms with E-state index in [-0.39, 0.29) is 11.9 Å². The number of piperazine rings is 1. The van der Waals surface area contributed by atoms with Gasteiger partial charge in [0, 0.05) is 31.9 Å². The molecule has 1 saturated heterocycles. The molecule has 2 N–H and O–H groups in total. The zero-order valence-electron chi connectivity index (χ0n) is 12.5. The monoisotopic (exact) mass is 276 g/mol. The van der Waals surface area contributed by atoms with Crippen LogP contribution in [0.5, 0.6) is 0 Å². The Morgan fingerprint density at radius 1 is 1.50 bits per heavy atom. The predicted molar refractivity (Wildman–Crippen MR) is 80.6 cm³/mol. The van der Waals surface area contributed by atoms with E-state index in [1.807, 2.05) is 19.2 Å². The first-order valence-corrected chi connectivity index (χ1v) is 7.34. The van der Waals surface area contributed by atoms with Crippen molar-refractivity contribution in [3.8, 4) is 0 Å². The Labute approximate surface area is 120 Å². The van der Waals surface area contributed by atoms with Gasteiger partial charge in [-0.2, -0.15) is 0 Å². The molecule has 1 amide bonds. The van der Waals surface area contributed by atoms with Crippen LogP contribution >= 0.6 is 0 Å². The standard InChI is InChI=1S/C15H24N4O/c1-4-13-15(20)16-7-8-19(13)14-6-5-12(10-18-14)9-17-11(2)3/h5-6,10-11,13,17H,4,7-9H2,1-3H3,(H,16,20). The molecule has 1 aliphatic heterocycles. The highest BCUT2D eigenvalue weighted by Crippen LogP contribution is 2.18. The van der Waals surface area contributed by atoms with Gasteiger partial charge in [-0.3, -0.25) is 4.79 Å². The van der Waals surface area contributed by atoms with Crippen LogP contribution < -0.4 is 15.5 Å². The lowest BCUT2D eigenvalue weighted by atomic mass is 10.1. The molecular formula is C15H24N4O. The van der Waals surface area contributed by atoms with Crippen molar-refractivity contribution >= 4 is 11.7 Å². The molecule has 1 fully saturated rings. The number of carbonyl (C=O) groups excluding carboxylic acids is 1. The number of hydrogen-bond acceptors (Lipinski definition) is 4. The quantitative estimate of drug-likeness (QED) is 0.851. The first-order chi connectivity index (χ1) is 9.61. The molecule has 0 spiro atoms. The van der Waals surface area contributed by atoms with E-state index in [0.717, 1.165) is 30.9 Å². The zero-order chi connectivity index (χ0) is 14.5. The second-order valence-electron chi connectivity index (χ2n) is 5.47. The minimum Gasteiger partial charge on any atom is -0.353 e. The van der Waals surface area contributed by atoms with Crippen molar-refractivity contribution in [1.82, 2.24) is 15.6 Å². The van der Waals surface area contributed by atoms with Crippen molar-refractivity contribution in [2.24, 2.45) is 0 Å². The van der Waals surface area contributed by atoms with Crippen LogP contribution in [-0.4, -0.2) is 36.1 Å². The van der Waals surface area contributed by atoms with Gasteiger partial charge in [0.15, 0.2) is 0 Å². The van der Waals surface area contributed by atoms with E-state index in [2.05, 4.69) is 40.4 Å². The van der Waals surface area contributed by atoms with Gasteiger partial charge >= 0.3 is 0 Å². The lowest BCUT2D eigenvalue weighted by Gasteiger charge is -2.35. The molecule has 5 nitrogen and oxygen atoms in total. The Bertz CT molecular complexity index is 444. The van der Waals surface area contributed by atoms with E-state index in [0.29, 0.717) is 12.6 Å². The number of nitrogens with zero attached hydrogens (tertiary/aromatic N) is 2. The van der Waals surface area contributed by atoms with Gasteiger partial charge in [-0.1, -0.05) is 26.8 Å². The maximum atomic E-state index is 11.9. The number of hydrogen-bond donors (Lipinski definition) is 2. The minimum atomic E-state index is -0.101. The van der Waals surface area contributed by atoms with Gasteiger partial charge in [0.2, 0.25) is 5.91 Å². The van der Waals surface area contributed by atoms with Gasteiger partial charge in [0.05, 0.1) is 0 Å². The van der Waals surface area contributed by atoms with Crippen LogP contribution in [0.4, 0.5) is 5.82 Å². The average Bonchev–Trinajstić information content (AvgIpc) is 2.45. The number of nitrogens with one attached hydrogen (secondary N) is 2. The molecule has 1 aliphatic rings. The number of amides is 1. The third kappa shape index (κ3) is 3.48. The molecule has 20 heavy (non-hydrogen) atoms. The number of aromatic nitrogens is 1. The van der Waals surface area contributed by atoms with E-state index in [1.165, 1.54) is 0 Å². The van der Waals surface area contributed by atoms with Gasteiger partial charge in [-0.15, -0.1) is 0 Å². The van der Waals surface area contributed by atoms with Crippen LogP contribution in [0, 0.1) is 0 Å². The SMILES string of the molecule is CCC1C(=O)NCCN1c1ccc(CNC(C)C)cn1. The molecule has 2 rings (SSSR count). The van der Waals surface area contributed by atoms with E-state index in [1.54, 1.807) is 0 Å². The molecule has 1 atom stereocenters. The maximum absolute atomic E-state index is 11.9. The normalized spacial score (nSPS) is 19.3. The first kappa shape index (κ1) is 14.8. The highest BCUT2D eigenvalue weighted by molar-refractivity contribution is 5.86. The van der Waals surface area contributed by atoms with Gasteiger partial charge in [-0.05, 0) is 18.1 Å². The summed E-state index contributed by atoms with van der Waals surface area (Å²) in [5.74, 6) is 0.992. The number of anilines is 1. The molecule has 0 saturated carbocycles. The van der Waals surface area contributed by atoms with Crippen LogP contribution in [0.15, 0.2) is 18.3 Å². The van der Waals surface area contributed by atoms with Crippen molar-refractivity contribution < 1.29 is 4.79 Å². The predicted octanol–water partition coefficient (Wildman–Crippen LogP) is 1.29. The fourth-order valence-electron chi connectivity index (χ4n) is 2.41. The Hall–Kier alpha value is -1.62. The van der Waals surface area contributed by atoms with Crippen LogP contribution in [-0.2, 0) is 11.3 Å². The van der Waals surface area contributed by atoms with Gasteiger partial charge in [0.1, 0.15) is 11.9 Å². The van der Waals surface area contributed by atoms with Crippen LogP contribution in [0.1, 0.15) is 32.8 Å². The Balaban J connectivity index is 2.06. The number of pyridine rings is 1. The summed E-state index contributed by atoms with van der Waals surface area (Å²) in [6, 6.07) is 4.45. The molecule has 1 unspecified atom stereocenters. The molecule has 110 valence electrons. The van der Waals surface area contributed by atoms with E-state index >= 15 is 0 Å². The summed E-state index contributed by atoms with van der Waals surface area (Å²) >= 11 is 0. The molecule has 5 heteroatoms. The number of carbonyl (C=O) groups is 1. The molecule has 0 radical (unpaired) electrons. The average molecular weight is 276 g/mol. The Kier molecular flexibility index (Phi) is 4.95. The van der Waals surface area contributed by atoms with Crippen LogP contribution in [0.2, 0.25) is 0 Å². The molecular weight excluding hydrogens is 252 g/mol. The van der Waals surface area contributed by atoms with Crippen LogP contribution in [0.25, 0.3) is 0 Å². The van der Waals surface area contributed by atoms with Crippen molar-refractivity contribution in [3.05, 3.63) is 23.9 Å². The Morgan fingerprint density at radius 3 is 2.90 bits per heavy atom. The van der Waals surface area contributed by atoms with Crippen molar-refractivity contribution in [2.45, 2.75) is 45.8 Å². The maximum Gasteiger partial charge on any atom is 0.242 e. The van der Waals surface area contributed by atoms with E-state index in [9.17, 15) is 4.79 Å². The highest BCUT2D eigenvalue weighted by Gasteiger charge is 2.28. The summed E-state index contributed by atoms with van der Waals surface area (Å²) in [4.78, 5) is 18.5. The minimum absolute atomic E-state index is 0.101. The van der Waals surface area contributed by atoms with E-state index in [4.69, 9.17) is 0 Å². The molecule has 0 bridgehead atoms. The molecule has 0 aromatic carbocycles. The molecule has 1 aromatic heterocycles. The largest absolute Gasteiger partial charge is 0.353 e. The Morgan fingerprint density at radius 2 is 2.30 bits per heavy atom. The summed E-state index contributed by atoms with van der Waals surface area (Å²) in [5, 5.41) is 6.28. The lowest BCUT2D eigenvalue weighted by Crippen LogP contribution is -2.55. The van der Waals surface area contributed by atoms with Crippen molar-refractivity contribution in [1.29, 1.82) is 0 Å².